The summed E-state index contributed by atoms with van der Waals surface area (Å²) >= 11 is 0. The molecule has 8 heteroatoms. The third-order valence-corrected chi connectivity index (χ3v) is 20.1. The van der Waals surface area contributed by atoms with Crippen LogP contribution in [0, 0.1) is 5.92 Å². The molecule has 0 heterocycles. The summed E-state index contributed by atoms with van der Waals surface area (Å²) in [6, 6.07) is 23.8. The number of carbonyl (C=O) groups excluding carboxylic acids is 1. The molecule has 0 radical (unpaired) electrons. The van der Waals surface area contributed by atoms with Crippen LogP contribution in [-0.2, 0) is 18.4 Å². The van der Waals surface area contributed by atoms with Crippen LogP contribution in [0.15, 0.2) is 60.7 Å². The normalized spacial score (nSPS) is 15.1. The number of hydrogen-bond donors (Lipinski definition) is 1. The Kier molecular flexibility index (Phi) is 14.8. The minimum atomic E-state index is -3.14. The molecule has 0 saturated carbocycles. The van der Waals surface area contributed by atoms with Gasteiger partial charge in [0.25, 0.3) is 8.32 Å². The Morgan fingerprint density at radius 1 is 0.841 bits per heavy atom. The number of esters is 1. The van der Waals surface area contributed by atoms with E-state index in [1.165, 1.54) is 7.11 Å². The zero-order chi connectivity index (χ0) is 33.1. The molecule has 0 fully saturated rings. The fourth-order valence-corrected chi connectivity index (χ4v) is 14.8. The van der Waals surface area contributed by atoms with Gasteiger partial charge in [-0.3, -0.25) is 4.79 Å². The second-order valence-corrected chi connectivity index (χ2v) is 27.5. The van der Waals surface area contributed by atoms with Gasteiger partial charge in [-0.15, -0.1) is 0 Å². The third kappa shape index (κ3) is 10.2. The molecule has 0 bridgehead atoms. The van der Waals surface area contributed by atoms with Crippen molar-refractivity contribution in [2.24, 2.45) is 5.92 Å². The van der Waals surface area contributed by atoms with Gasteiger partial charge in [-0.05, 0) is 91.2 Å². The van der Waals surface area contributed by atoms with Crippen molar-refractivity contribution in [2.75, 3.05) is 13.7 Å². The molecule has 2 atom stereocenters. The highest BCUT2D eigenvalue weighted by molar-refractivity contribution is 6.98. The Labute approximate surface area is 272 Å². The van der Waals surface area contributed by atoms with E-state index in [-0.39, 0.29) is 16.9 Å². The molecular formula is C36H62O5Si3. The van der Waals surface area contributed by atoms with E-state index >= 15 is 0 Å². The Morgan fingerprint density at radius 2 is 1.34 bits per heavy atom. The Hall–Kier alpha value is -1.56. The maximum Gasteiger partial charge on any atom is 0.305 e. The number of benzene rings is 2. The van der Waals surface area contributed by atoms with E-state index < -0.39 is 30.6 Å². The number of hydrogen-bond acceptors (Lipinski definition) is 5. The lowest BCUT2D eigenvalue weighted by Crippen LogP contribution is -2.65. The summed E-state index contributed by atoms with van der Waals surface area (Å²) in [4.78, 5) is 25.2. The molecule has 0 aliphatic heterocycles. The van der Waals surface area contributed by atoms with Gasteiger partial charge in [-0.2, -0.15) is 0 Å². The lowest BCUT2D eigenvalue weighted by atomic mass is 9.82. The van der Waals surface area contributed by atoms with Crippen molar-refractivity contribution >= 4 is 41.3 Å². The van der Waals surface area contributed by atoms with Crippen molar-refractivity contribution in [1.29, 1.82) is 0 Å². The summed E-state index contributed by atoms with van der Waals surface area (Å²) in [6.07, 6.45) is 4.52. The van der Waals surface area contributed by atoms with Gasteiger partial charge in [-0.25, -0.2) is 0 Å². The fraction of sp³-hybridized carbons (Fsp3) is 0.639. The first-order valence-electron chi connectivity index (χ1n) is 16.9. The van der Waals surface area contributed by atoms with Crippen LogP contribution >= 0.6 is 0 Å². The topological polar surface area (TPSA) is 65.0 Å². The Balaban J connectivity index is 2.48. The predicted octanol–water partition coefficient (Wildman–Crippen LogP) is 8.28. The minimum absolute atomic E-state index is 0.174. The minimum Gasteiger partial charge on any atom is -0.469 e. The standard InChI is InChI=1S/C36H62O5Si3/c1-11-36(41-42(8,9)10,30-40-43(12-2,13-3)14-4)29-31(25-26-34(37)39-7)27-28-35(5,6)44(38,32-21-17-15-18-22-32)33-23-19-16-20-24-33/h15-24,31,38H,11-14,25-30H2,1-10H3/t31-,36-/m0/s1. The van der Waals surface area contributed by atoms with E-state index in [1.807, 2.05) is 36.4 Å². The molecule has 248 valence electrons. The monoisotopic (exact) mass is 658 g/mol. The summed E-state index contributed by atoms with van der Waals surface area (Å²) in [5.74, 6) is 0.0477. The van der Waals surface area contributed by atoms with Gasteiger partial charge < -0.3 is 18.4 Å². The summed E-state index contributed by atoms with van der Waals surface area (Å²) in [7, 11) is -5.43. The molecule has 0 aliphatic rings. The highest BCUT2D eigenvalue weighted by atomic mass is 28.4. The van der Waals surface area contributed by atoms with Gasteiger partial charge in [0.2, 0.25) is 0 Å². The van der Waals surface area contributed by atoms with E-state index in [0.717, 1.165) is 60.6 Å². The maximum atomic E-state index is 12.8. The summed E-state index contributed by atoms with van der Waals surface area (Å²) in [6.45, 7) is 20.9. The number of ether oxygens (including phenoxy) is 1. The highest BCUT2D eigenvalue weighted by Gasteiger charge is 2.50. The fourth-order valence-electron chi connectivity index (χ4n) is 6.79. The first-order chi connectivity index (χ1) is 20.7. The van der Waals surface area contributed by atoms with Crippen molar-refractivity contribution in [2.45, 2.75) is 128 Å². The summed E-state index contributed by atoms with van der Waals surface area (Å²) < 4.78 is 19.1. The number of rotatable bonds is 20. The third-order valence-electron chi connectivity index (χ3n) is 9.93. The van der Waals surface area contributed by atoms with Gasteiger partial charge in [0.1, 0.15) is 0 Å². The molecule has 2 rings (SSSR count). The van der Waals surface area contributed by atoms with Crippen molar-refractivity contribution in [3.8, 4) is 0 Å². The zero-order valence-electron chi connectivity index (χ0n) is 29.5. The SMILES string of the molecule is CC[C@@](CO[Si](CC)(CC)CC)(C[C@@H](CCC(=O)OC)CCC(C)(C)[Si](O)(c1ccccc1)c1ccccc1)O[Si](C)(C)C. The zero-order valence-corrected chi connectivity index (χ0v) is 32.5. The van der Waals surface area contributed by atoms with E-state index in [2.05, 4.69) is 85.4 Å². The van der Waals surface area contributed by atoms with Gasteiger partial charge >= 0.3 is 5.97 Å². The number of methoxy groups -OCH3 is 1. The molecule has 2 aromatic rings. The average Bonchev–Trinajstić information content (AvgIpc) is 3.02. The lowest BCUT2D eigenvalue weighted by Gasteiger charge is -2.45. The van der Waals surface area contributed by atoms with Gasteiger partial charge in [-0.1, -0.05) is 102 Å². The summed E-state index contributed by atoms with van der Waals surface area (Å²) in [5, 5.41) is 1.69. The van der Waals surface area contributed by atoms with Gasteiger partial charge in [0.15, 0.2) is 16.6 Å². The van der Waals surface area contributed by atoms with E-state index in [9.17, 15) is 9.59 Å². The van der Waals surface area contributed by atoms with Crippen LogP contribution < -0.4 is 10.4 Å². The van der Waals surface area contributed by atoms with E-state index in [0.29, 0.717) is 13.0 Å². The van der Waals surface area contributed by atoms with Crippen molar-refractivity contribution in [3.63, 3.8) is 0 Å². The highest BCUT2D eigenvalue weighted by Crippen LogP contribution is 2.43. The molecule has 2 aromatic carbocycles. The average molecular weight is 659 g/mol. The Morgan fingerprint density at radius 3 is 1.75 bits per heavy atom. The van der Waals surface area contributed by atoms with Crippen molar-refractivity contribution in [3.05, 3.63) is 60.7 Å². The van der Waals surface area contributed by atoms with Crippen LogP contribution in [-0.4, -0.2) is 55.0 Å². The first kappa shape index (κ1) is 38.6. The van der Waals surface area contributed by atoms with Crippen molar-refractivity contribution in [1.82, 2.24) is 0 Å². The largest absolute Gasteiger partial charge is 0.469 e. The molecule has 0 spiro atoms. The van der Waals surface area contributed by atoms with E-state index in [4.69, 9.17) is 13.6 Å². The van der Waals surface area contributed by atoms with Gasteiger partial charge in [0.05, 0.1) is 19.3 Å². The Bertz CT molecular complexity index is 1070. The lowest BCUT2D eigenvalue weighted by molar-refractivity contribution is -0.141. The molecule has 0 saturated heterocycles. The first-order valence-corrected chi connectivity index (χ1v) is 24.8. The van der Waals surface area contributed by atoms with E-state index in [1.54, 1.807) is 0 Å². The van der Waals surface area contributed by atoms with Crippen molar-refractivity contribution < 1.29 is 23.2 Å². The smallest absolute Gasteiger partial charge is 0.305 e. The quantitative estimate of drug-likeness (QED) is 0.115. The molecule has 5 nitrogen and oxygen atoms in total. The predicted molar refractivity (Wildman–Crippen MR) is 193 cm³/mol. The molecule has 0 unspecified atom stereocenters. The van der Waals surface area contributed by atoms with Crippen LogP contribution in [0.1, 0.15) is 80.1 Å². The molecular weight excluding hydrogens is 597 g/mol. The number of carbonyl (C=O) groups is 1. The second kappa shape index (κ2) is 16.8. The second-order valence-electron chi connectivity index (χ2n) is 14.3. The summed E-state index contributed by atoms with van der Waals surface area (Å²) in [5.41, 5.74) is -0.403. The van der Waals surface area contributed by atoms with Gasteiger partial charge in [0, 0.05) is 6.42 Å². The molecule has 0 amide bonds. The van der Waals surface area contributed by atoms with Crippen LogP contribution in [0.2, 0.25) is 42.8 Å². The van der Waals surface area contributed by atoms with Crippen LogP contribution in [0.25, 0.3) is 0 Å². The molecule has 44 heavy (non-hydrogen) atoms. The molecule has 1 N–H and O–H groups in total. The maximum absolute atomic E-state index is 12.8. The molecule has 0 aliphatic carbocycles. The van der Waals surface area contributed by atoms with Crippen LogP contribution in [0.3, 0.4) is 0 Å². The van der Waals surface area contributed by atoms with Crippen LogP contribution in [0.4, 0.5) is 0 Å². The molecule has 0 aromatic heterocycles. The van der Waals surface area contributed by atoms with Crippen LogP contribution in [0.5, 0.6) is 0 Å².